The maximum atomic E-state index is 11.9. The van der Waals surface area contributed by atoms with E-state index in [0.29, 0.717) is 35.0 Å². The number of para-hydroxylation sites is 1. The van der Waals surface area contributed by atoms with Gasteiger partial charge in [0.2, 0.25) is 0 Å². The molecule has 0 radical (unpaired) electrons. The first kappa shape index (κ1) is 10.1. The summed E-state index contributed by atoms with van der Waals surface area (Å²) < 4.78 is 1.07. The maximum absolute atomic E-state index is 11.9. The van der Waals surface area contributed by atoms with Gasteiger partial charge in [-0.15, -0.1) is 0 Å². The van der Waals surface area contributed by atoms with Crippen LogP contribution in [0.5, 0.6) is 0 Å². The molecular weight excluding hydrogens is 216 g/mol. The van der Waals surface area contributed by atoms with Crippen molar-refractivity contribution in [1.82, 2.24) is 4.73 Å². The van der Waals surface area contributed by atoms with E-state index in [9.17, 15) is 10.0 Å². The highest BCUT2D eigenvalue weighted by atomic mass is 16.5. The van der Waals surface area contributed by atoms with Crippen molar-refractivity contribution in [1.29, 1.82) is 5.41 Å². The van der Waals surface area contributed by atoms with E-state index < -0.39 is 0 Å². The van der Waals surface area contributed by atoms with Crippen molar-refractivity contribution in [2.45, 2.75) is 19.3 Å². The van der Waals surface area contributed by atoms with Crippen LogP contribution >= 0.6 is 0 Å². The van der Waals surface area contributed by atoms with Crippen molar-refractivity contribution < 1.29 is 10.0 Å². The molecule has 4 nitrogen and oxygen atoms in total. The number of hydrogen-bond donors (Lipinski definition) is 2. The Balaban J connectivity index is 2.53. The normalized spacial score (nSPS) is 14.9. The predicted molar refractivity (Wildman–Crippen MR) is 62.2 cm³/mol. The summed E-state index contributed by atoms with van der Waals surface area (Å²) in [5, 5.41) is 19.1. The van der Waals surface area contributed by atoms with Gasteiger partial charge in [0.1, 0.15) is 0 Å². The second kappa shape index (κ2) is 3.45. The summed E-state index contributed by atoms with van der Waals surface area (Å²) in [4.78, 5) is 11.9. The number of nitrogens with zero attached hydrogens (tertiary/aromatic N) is 1. The van der Waals surface area contributed by atoms with Crippen LogP contribution in [0, 0.1) is 5.41 Å². The molecule has 1 aromatic carbocycles. The molecular formula is C13H12N2O2. The summed E-state index contributed by atoms with van der Waals surface area (Å²) in [5.41, 5.74) is 1.55. The number of carbonyl (C=O) groups excluding carboxylic acids is 1. The molecule has 1 aromatic heterocycles. The minimum atomic E-state index is -0.0372. The fraction of sp³-hybridized carbons (Fsp3) is 0.231. The first-order valence-corrected chi connectivity index (χ1v) is 5.64. The van der Waals surface area contributed by atoms with Gasteiger partial charge in [-0.1, -0.05) is 18.2 Å². The van der Waals surface area contributed by atoms with Crippen LogP contribution in [0.1, 0.15) is 28.9 Å². The minimum absolute atomic E-state index is 0.0372. The number of hydrogen-bond acceptors (Lipinski definition) is 3. The zero-order chi connectivity index (χ0) is 12.0. The number of aromatic nitrogens is 1. The van der Waals surface area contributed by atoms with E-state index in [2.05, 4.69) is 0 Å². The molecule has 1 aliphatic rings. The van der Waals surface area contributed by atoms with Crippen LogP contribution in [0.15, 0.2) is 24.3 Å². The molecule has 3 rings (SSSR count). The van der Waals surface area contributed by atoms with E-state index in [1.807, 2.05) is 6.07 Å². The number of carbonyl (C=O) groups is 1. The molecule has 17 heavy (non-hydrogen) atoms. The Labute approximate surface area is 97.6 Å². The van der Waals surface area contributed by atoms with E-state index in [0.717, 1.165) is 11.2 Å². The molecule has 0 amide bonds. The zero-order valence-electron chi connectivity index (χ0n) is 9.23. The van der Waals surface area contributed by atoms with Crippen LogP contribution in [0.25, 0.3) is 10.9 Å². The van der Waals surface area contributed by atoms with Crippen LogP contribution in [0.4, 0.5) is 0 Å². The number of nitrogens with one attached hydrogen (secondary N) is 1. The standard InChI is InChI=1S/C13H12N2O2/c14-13-8-4-1-2-5-9(8)15(17)10-6-3-7-11(16)12(10)13/h1-2,4-5,14,17H,3,6-7H2. The van der Waals surface area contributed by atoms with Gasteiger partial charge in [0.05, 0.1) is 22.1 Å². The first-order chi connectivity index (χ1) is 8.20. The fourth-order valence-electron chi connectivity index (χ4n) is 2.47. The van der Waals surface area contributed by atoms with Gasteiger partial charge in [0.25, 0.3) is 0 Å². The van der Waals surface area contributed by atoms with Gasteiger partial charge in [-0.05, 0) is 18.9 Å². The fourth-order valence-corrected chi connectivity index (χ4v) is 2.47. The summed E-state index contributed by atoms with van der Waals surface area (Å²) >= 11 is 0. The average molecular weight is 228 g/mol. The Morgan fingerprint density at radius 3 is 2.82 bits per heavy atom. The molecule has 1 aliphatic carbocycles. The Hall–Kier alpha value is -2.10. The van der Waals surface area contributed by atoms with Crippen molar-refractivity contribution in [3.8, 4) is 0 Å². The summed E-state index contributed by atoms with van der Waals surface area (Å²) in [7, 11) is 0. The number of fused-ring (bicyclic) bond motifs is 2. The molecule has 0 unspecified atom stereocenters. The highest BCUT2D eigenvalue weighted by Crippen LogP contribution is 2.21. The van der Waals surface area contributed by atoms with Gasteiger partial charge in [0, 0.05) is 11.8 Å². The molecule has 0 bridgehead atoms. The maximum Gasteiger partial charge on any atom is 0.166 e. The van der Waals surface area contributed by atoms with E-state index >= 15 is 0 Å². The number of ketones is 1. The van der Waals surface area contributed by atoms with Gasteiger partial charge < -0.3 is 5.21 Å². The van der Waals surface area contributed by atoms with Gasteiger partial charge in [-0.3, -0.25) is 10.2 Å². The molecule has 0 spiro atoms. The van der Waals surface area contributed by atoms with E-state index in [4.69, 9.17) is 5.41 Å². The minimum Gasteiger partial charge on any atom is -0.428 e. The van der Waals surface area contributed by atoms with Crippen LogP contribution in [0.2, 0.25) is 0 Å². The molecule has 4 heteroatoms. The molecule has 0 atom stereocenters. The van der Waals surface area contributed by atoms with Crippen LogP contribution in [-0.4, -0.2) is 15.7 Å². The summed E-state index contributed by atoms with van der Waals surface area (Å²) in [6.45, 7) is 0. The third kappa shape index (κ3) is 1.30. The second-order valence-corrected chi connectivity index (χ2v) is 4.30. The van der Waals surface area contributed by atoms with Gasteiger partial charge >= 0.3 is 0 Å². The number of Topliss-reactive ketones (excluding diaryl/α,β-unsaturated/α-hetero) is 1. The monoisotopic (exact) mass is 228 g/mol. The largest absolute Gasteiger partial charge is 0.428 e. The van der Waals surface area contributed by atoms with Crippen LogP contribution in [-0.2, 0) is 6.42 Å². The van der Waals surface area contributed by atoms with E-state index in [-0.39, 0.29) is 11.1 Å². The lowest BCUT2D eigenvalue weighted by Gasteiger charge is -2.19. The summed E-state index contributed by atoms with van der Waals surface area (Å²) in [5.74, 6) is -0.0372. The quantitative estimate of drug-likeness (QED) is 0.676. The molecule has 86 valence electrons. The summed E-state index contributed by atoms with van der Waals surface area (Å²) in [6, 6.07) is 7.13. The molecule has 1 heterocycles. The van der Waals surface area contributed by atoms with Crippen LogP contribution < -0.4 is 5.36 Å². The Morgan fingerprint density at radius 2 is 2.00 bits per heavy atom. The molecule has 0 aliphatic heterocycles. The van der Waals surface area contributed by atoms with Crippen molar-refractivity contribution in [3.63, 3.8) is 0 Å². The van der Waals surface area contributed by atoms with Crippen molar-refractivity contribution >= 4 is 16.7 Å². The Morgan fingerprint density at radius 1 is 1.24 bits per heavy atom. The van der Waals surface area contributed by atoms with Crippen LogP contribution in [0.3, 0.4) is 0 Å². The predicted octanol–water partition coefficient (Wildman–Crippen LogP) is 1.88. The Kier molecular flexibility index (Phi) is 2.04. The van der Waals surface area contributed by atoms with Gasteiger partial charge in [-0.25, -0.2) is 0 Å². The topological polar surface area (TPSA) is 66.1 Å². The molecule has 2 aromatic rings. The van der Waals surface area contributed by atoms with Crippen molar-refractivity contribution in [2.75, 3.05) is 0 Å². The molecule has 2 N–H and O–H groups in total. The lowest BCUT2D eigenvalue weighted by molar-refractivity contribution is 0.0958. The third-order valence-corrected chi connectivity index (χ3v) is 3.29. The summed E-state index contributed by atoms with van der Waals surface area (Å²) in [6.07, 6.45) is 1.86. The highest BCUT2D eigenvalue weighted by molar-refractivity contribution is 6.00. The SMILES string of the molecule is N=c1c2c(n(O)c3ccccc13)CCCC2=O. The average Bonchev–Trinajstić information content (AvgIpc) is 2.36. The number of rotatable bonds is 0. The Bertz CT molecular complexity index is 686. The second-order valence-electron chi connectivity index (χ2n) is 4.30. The van der Waals surface area contributed by atoms with E-state index in [1.54, 1.807) is 18.2 Å². The highest BCUT2D eigenvalue weighted by Gasteiger charge is 2.23. The first-order valence-electron chi connectivity index (χ1n) is 5.64. The lowest BCUT2D eigenvalue weighted by Crippen LogP contribution is -2.27. The molecule has 0 saturated carbocycles. The van der Waals surface area contributed by atoms with Crippen molar-refractivity contribution in [2.24, 2.45) is 0 Å². The number of benzene rings is 1. The molecule has 0 saturated heterocycles. The molecule has 0 fully saturated rings. The zero-order valence-corrected chi connectivity index (χ0v) is 9.23. The lowest BCUT2D eigenvalue weighted by atomic mass is 9.92. The smallest absolute Gasteiger partial charge is 0.166 e. The van der Waals surface area contributed by atoms with E-state index in [1.165, 1.54) is 0 Å². The van der Waals surface area contributed by atoms with Gasteiger partial charge in [-0.2, -0.15) is 4.73 Å². The van der Waals surface area contributed by atoms with Crippen molar-refractivity contribution in [3.05, 3.63) is 40.9 Å². The van der Waals surface area contributed by atoms with Gasteiger partial charge in [0.15, 0.2) is 5.78 Å². The number of pyridine rings is 1. The third-order valence-electron chi connectivity index (χ3n) is 3.29.